The lowest BCUT2D eigenvalue weighted by Crippen LogP contribution is -2.31. The van der Waals surface area contributed by atoms with Crippen molar-refractivity contribution in [3.63, 3.8) is 0 Å². The predicted octanol–water partition coefficient (Wildman–Crippen LogP) is 3.71. The summed E-state index contributed by atoms with van der Waals surface area (Å²) in [7, 11) is 0. The SMILES string of the molecule is C=CC(=O)OC(CCCCC)C(C)(C)C. The molecule has 0 bridgehead atoms. The average molecular weight is 212 g/mol. The van der Waals surface area contributed by atoms with Crippen LogP contribution in [0.15, 0.2) is 12.7 Å². The van der Waals surface area contributed by atoms with Crippen LogP contribution < -0.4 is 0 Å². The second-order valence-corrected chi connectivity index (χ2v) is 4.99. The maximum Gasteiger partial charge on any atom is 0.330 e. The van der Waals surface area contributed by atoms with Crippen LogP contribution in [0.5, 0.6) is 0 Å². The van der Waals surface area contributed by atoms with Crippen LogP contribution in [0.1, 0.15) is 53.4 Å². The Labute approximate surface area is 93.7 Å². The van der Waals surface area contributed by atoms with Crippen molar-refractivity contribution >= 4 is 5.97 Å². The number of ether oxygens (including phenoxy) is 1. The van der Waals surface area contributed by atoms with Gasteiger partial charge in [0.05, 0.1) is 0 Å². The molecule has 0 aliphatic rings. The molecule has 0 spiro atoms. The van der Waals surface area contributed by atoms with Crippen molar-refractivity contribution in [1.29, 1.82) is 0 Å². The van der Waals surface area contributed by atoms with E-state index in [1.54, 1.807) is 0 Å². The van der Waals surface area contributed by atoms with Gasteiger partial charge in [-0.15, -0.1) is 0 Å². The molecule has 0 rings (SSSR count). The van der Waals surface area contributed by atoms with Crippen LogP contribution in [0.25, 0.3) is 0 Å². The first-order valence-electron chi connectivity index (χ1n) is 5.74. The molecular weight excluding hydrogens is 188 g/mol. The molecule has 0 aromatic carbocycles. The van der Waals surface area contributed by atoms with Crippen LogP contribution in [0.4, 0.5) is 0 Å². The van der Waals surface area contributed by atoms with E-state index in [4.69, 9.17) is 4.74 Å². The molecule has 0 fully saturated rings. The highest BCUT2D eigenvalue weighted by Gasteiger charge is 2.26. The average Bonchev–Trinajstić information content (AvgIpc) is 2.14. The summed E-state index contributed by atoms with van der Waals surface area (Å²) in [6.45, 7) is 11.9. The lowest BCUT2D eigenvalue weighted by molar-refractivity contribution is -0.149. The molecule has 88 valence electrons. The lowest BCUT2D eigenvalue weighted by atomic mass is 9.86. The second-order valence-electron chi connectivity index (χ2n) is 4.99. The van der Waals surface area contributed by atoms with Gasteiger partial charge in [-0.25, -0.2) is 4.79 Å². The molecule has 2 nitrogen and oxygen atoms in total. The summed E-state index contributed by atoms with van der Waals surface area (Å²) in [5, 5.41) is 0. The Morgan fingerprint density at radius 3 is 2.40 bits per heavy atom. The van der Waals surface area contributed by atoms with Gasteiger partial charge in [0.2, 0.25) is 0 Å². The highest BCUT2D eigenvalue weighted by atomic mass is 16.5. The summed E-state index contributed by atoms with van der Waals surface area (Å²) in [5.41, 5.74) is 0.00636. The molecule has 0 heterocycles. The Hall–Kier alpha value is -0.790. The van der Waals surface area contributed by atoms with E-state index in [0.717, 1.165) is 12.8 Å². The van der Waals surface area contributed by atoms with E-state index >= 15 is 0 Å². The van der Waals surface area contributed by atoms with E-state index in [1.165, 1.54) is 18.9 Å². The summed E-state index contributed by atoms with van der Waals surface area (Å²) in [6.07, 6.45) is 5.66. The van der Waals surface area contributed by atoms with Crippen LogP contribution in [0.3, 0.4) is 0 Å². The van der Waals surface area contributed by atoms with Gasteiger partial charge in [0, 0.05) is 6.08 Å². The maximum atomic E-state index is 11.2. The van der Waals surface area contributed by atoms with Crippen LogP contribution in [-0.2, 0) is 9.53 Å². The predicted molar refractivity (Wildman–Crippen MR) is 63.7 cm³/mol. The summed E-state index contributed by atoms with van der Waals surface area (Å²) < 4.78 is 5.35. The van der Waals surface area contributed by atoms with Crippen molar-refractivity contribution in [2.75, 3.05) is 0 Å². The van der Waals surface area contributed by atoms with Crippen molar-refractivity contribution in [2.45, 2.75) is 59.5 Å². The molecule has 0 aliphatic carbocycles. The van der Waals surface area contributed by atoms with Gasteiger partial charge in [-0.1, -0.05) is 47.1 Å². The van der Waals surface area contributed by atoms with Gasteiger partial charge in [0.25, 0.3) is 0 Å². The molecule has 0 saturated carbocycles. The molecule has 0 aliphatic heterocycles. The van der Waals surface area contributed by atoms with E-state index in [-0.39, 0.29) is 17.5 Å². The van der Waals surface area contributed by atoms with Gasteiger partial charge >= 0.3 is 5.97 Å². The quantitative estimate of drug-likeness (QED) is 0.381. The third-order valence-corrected chi connectivity index (χ3v) is 2.46. The van der Waals surface area contributed by atoms with Crippen molar-refractivity contribution in [2.24, 2.45) is 5.41 Å². The van der Waals surface area contributed by atoms with Gasteiger partial charge in [-0.05, 0) is 18.3 Å². The number of hydrogen-bond donors (Lipinski definition) is 0. The minimum atomic E-state index is -0.313. The first-order chi connectivity index (χ1) is 6.91. The van der Waals surface area contributed by atoms with Gasteiger partial charge < -0.3 is 4.74 Å². The summed E-state index contributed by atoms with van der Waals surface area (Å²) >= 11 is 0. The monoisotopic (exact) mass is 212 g/mol. The molecule has 0 N–H and O–H groups in total. The molecule has 0 aromatic rings. The zero-order chi connectivity index (χ0) is 11.9. The number of carbonyl (C=O) groups excluding carboxylic acids is 1. The topological polar surface area (TPSA) is 26.3 Å². The van der Waals surface area contributed by atoms with Crippen LogP contribution in [0.2, 0.25) is 0 Å². The third-order valence-electron chi connectivity index (χ3n) is 2.46. The number of esters is 1. The highest BCUT2D eigenvalue weighted by Crippen LogP contribution is 2.26. The van der Waals surface area contributed by atoms with E-state index in [0.29, 0.717) is 0 Å². The van der Waals surface area contributed by atoms with E-state index in [9.17, 15) is 4.79 Å². The normalized spacial score (nSPS) is 13.3. The molecular formula is C13H24O2. The van der Waals surface area contributed by atoms with Crippen LogP contribution in [-0.4, -0.2) is 12.1 Å². The Morgan fingerprint density at radius 1 is 1.40 bits per heavy atom. The summed E-state index contributed by atoms with van der Waals surface area (Å²) in [5.74, 6) is -0.313. The van der Waals surface area contributed by atoms with E-state index in [2.05, 4.69) is 34.3 Å². The number of hydrogen-bond acceptors (Lipinski definition) is 2. The van der Waals surface area contributed by atoms with Crippen LogP contribution >= 0.6 is 0 Å². The Kier molecular flexibility index (Phi) is 6.30. The zero-order valence-corrected chi connectivity index (χ0v) is 10.5. The summed E-state index contributed by atoms with van der Waals surface area (Å²) in [4.78, 5) is 11.2. The first kappa shape index (κ1) is 14.2. The van der Waals surface area contributed by atoms with Gasteiger partial charge in [-0.2, -0.15) is 0 Å². The molecule has 1 unspecified atom stereocenters. The minimum absolute atomic E-state index is 0.00505. The maximum absolute atomic E-state index is 11.2. The number of rotatable bonds is 6. The van der Waals surface area contributed by atoms with E-state index < -0.39 is 0 Å². The standard InChI is InChI=1S/C13H24O2/c1-6-8-9-10-11(13(3,4)5)15-12(14)7-2/h7,11H,2,6,8-10H2,1,3-5H3. The molecule has 0 aromatic heterocycles. The smallest absolute Gasteiger partial charge is 0.330 e. The Bertz CT molecular complexity index is 201. The van der Waals surface area contributed by atoms with E-state index in [1.807, 2.05) is 0 Å². The second kappa shape index (κ2) is 6.65. The molecule has 2 heteroatoms. The van der Waals surface area contributed by atoms with Gasteiger partial charge in [-0.3, -0.25) is 0 Å². The van der Waals surface area contributed by atoms with Crippen molar-refractivity contribution in [3.05, 3.63) is 12.7 Å². The number of carbonyl (C=O) groups is 1. The minimum Gasteiger partial charge on any atom is -0.459 e. The fraction of sp³-hybridized carbons (Fsp3) is 0.769. The fourth-order valence-electron chi connectivity index (χ4n) is 1.44. The Balaban J connectivity index is 4.19. The molecule has 0 radical (unpaired) electrons. The zero-order valence-electron chi connectivity index (χ0n) is 10.5. The van der Waals surface area contributed by atoms with Crippen molar-refractivity contribution in [1.82, 2.24) is 0 Å². The fourth-order valence-corrected chi connectivity index (χ4v) is 1.44. The van der Waals surface area contributed by atoms with Gasteiger partial charge in [0.1, 0.15) is 6.10 Å². The largest absolute Gasteiger partial charge is 0.459 e. The Morgan fingerprint density at radius 2 is 2.00 bits per heavy atom. The highest BCUT2D eigenvalue weighted by molar-refractivity contribution is 5.81. The third kappa shape index (κ3) is 6.32. The van der Waals surface area contributed by atoms with Gasteiger partial charge in [0.15, 0.2) is 0 Å². The molecule has 1 atom stereocenters. The van der Waals surface area contributed by atoms with Crippen molar-refractivity contribution < 1.29 is 9.53 Å². The number of unbranched alkanes of at least 4 members (excludes halogenated alkanes) is 2. The van der Waals surface area contributed by atoms with Crippen LogP contribution in [0, 0.1) is 5.41 Å². The lowest BCUT2D eigenvalue weighted by Gasteiger charge is -2.30. The molecule has 15 heavy (non-hydrogen) atoms. The summed E-state index contributed by atoms with van der Waals surface area (Å²) in [6, 6.07) is 0. The first-order valence-corrected chi connectivity index (χ1v) is 5.74. The molecule has 0 saturated heterocycles. The molecule has 0 amide bonds. The van der Waals surface area contributed by atoms with Crippen molar-refractivity contribution in [3.8, 4) is 0 Å².